The van der Waals surface area contributed by atoms with Crippen molar-refractivity contribution in [2.45, 2.75) is 0 Å². The number of benzene rings is 1. The molecule has 1 aromatic carbocycles. The topological polar surface area (TPSA) is 78.6 Å². The molecule has 0 amide bonds. The van der Waals surface area contributed by atoms with Crippen LogP contribution < -0.4 is 15.2 Å². The summed E-state index contributed by atoms with van der Waals surface area (Å²) in [6, 6.07) is 3.17. The molecule has 6 heteroatoms. The van der Waals surface area contributed by atoms with Gasteiger partial charge < -0.3 is 15.2 Å². The number of nitrogens with two attached hydrogens (primary N) is 1. The molecule has 0 aliphatic rings. The van der Waals surface area contributed by atoms with Crippen molar-refractivity contribution >= 4 is 21.3 Å². The molecule has 0 heterocycles. The normalized spacial score (nSPS) is 9.47. The van der Waals surface area contributed by atoms with Crippen molar-refractivity contribution in [3.63, 3.8) is 0 Å². The lowest BCUT2D eigenvalue weighted by atomic mass is 10.1. The van der Waals surface area contributed by atoms with E-state index in [2.05, 4.69) is 0 Å². The van der Waals surface area contributed by atoms with E-state index in [1.807, 2.05) is 0 Å². The molecule has 0 unspecified atom stereocenters. The van der Waals surface area contributed by atoms with Gasteiger partial charge in [0, 0.05) is 5.69 Å². The van der Waals surface area contributed by atoms with Crippen LogP contribution in [0.1, 0.15) is 5.56 Å². The van der Waals surface area contributed by atoms with Crippen LogP contribution in [-0.2, 0) is 10.3 Å². The highest BCUT2D eigenvalue weighted by Gasteiger charge is 2.11. The number of anilines is 1. The fraction of sp³-hybridized carbons (Fsp3) is 0.222. The molecule has 15 heavy (non-hydrogen) atoms. The zero-order valence-corrected chi connectivity index (χ0v) is 9.17. The second-order valence-electron chi connectivity index (χ2n) is 2.68. The van der Waals surface area contributed by atoms with Gasteiger partial charge in [-0.2, -0.15) is 8.42 Å². The molecule has 0 saturated heterocycles. The molecule has 0 radical (unpaired) electrons. The summed E-state index contributed by atoms with van der Waals surface area (Å²) in [6.07, 6.45) is 0. The summed E-state index contributed by atoms with van der Waals surface area (Å²) in [5.74, 6) is 0.741. The number of hydrogen-bond donors (Lipinski definition) is 1. The largest absolute Gasteiger partial charge is 0.493 e. The molecule has 1 aromatic rings. The molecule has 0 atom stereocenters. The zero-order chi connectivity index (χ0) is 11.4. The molecule has 0 aliphatic heterocycles. The summed E-state index contributed by atoms with van der Waals surface area (Å²) in [5, 5.41) is 0.983. The van der Waals surface area contributed by atoms with Gasteiger partial charge in [-0.25, -0.2) is 0 Å². The average molecular weight is 229 g/mol. The number of hydrogen-bond acceptors (Lipinski definition) is 5. The molecule has 82 valence electrons. The Morgan fingerprint density at radius 2 is 1.93 bits per heavy atom. The second-order valence-corrected chi connectivity index (χ2v) is 3.44. The first-order valence-corrected chi connectivity index (χ1v) is 5.17. The summed E-state index contributed by atoms with van der Waals surface area (Å²) in [5.41, 5.74) is 6.24. The van der Waals surface area contributed by atoms with Crippen LogP contribution in [0.15, 0.2) is 12.1 Å². The lowest BCUT2D eigenvalue weighted by Crippen LogP contribution is -2.00. The van der Waals surface area contributed by atoms with Gasteiger partial charge in [-0.05, 0) is 12.1 Å². The van der Waals surface area contributed by atoms with Crippen LogP contribution in [0, 0.1) is 0 Å². The Bertz CT molecular complexity index is 485. The second kappa shape index (κ2) is 4.70. The molecule has 0 aromatic heterocycles. The molecule has 1 rings (SSSR count). The quantitative estimate of drug-likeness (QED) is 0.596. The van der Waals surface area contributed by atoms with Gasteiger partial charge in [0.15, 0.2) is 11.5 Å². The monoisotopic (exact) mass is 229 g/mol. The van der Waals surface area contributed by atoms with E-state index in [1.165, 1.54) is 14.2 Å². The Kier molecular flexibility index (Phi) is 3.56. The van der Waals surface area contributed by atoms with Crippen molar-refractivity contribution in [2.75, 3.05) is 20.0 Å². The molecule has 5 nitrogen and oxygen atoms in total. The Balaban J connectivity index is 3.52. The van der Waals surface area contributed by atoms with E-state index in [0.29, 0.717) is 22.7 Å². The maximum Gasteiger partial charge on any atom is 0.214 e. The number of rotatable bonds is 3. The highest BCUT2D eigenvalue weighted by molar-refractivity contribution is 7.71. The van der Waals surface area contributed by atoms with Crippen molar-refractivity contribution in [1.29, 1.82) is 0 Å². The molecule has 0 spiro atoms. The van der Waals surface area contributed by atoms with E-state index in [0.717, 1.165) is 5.37 Å². The SMILES string of the molecule is COc1ccc(N)c(C=S(=O)=O)c1OC. The van der Waals surface area contributed by atoms with Crippen molar-refractivity contribution in [3.05, 3.63) is 17.7 Å². The van der Waals surface area contributed by atoms with Crippen LogP contribution in [0.3, 0.4) is 0 Å². The molecule has 0 aliphatic carbocycles. The van der Waals surface area contributed by atoms with E-state index >= 15 is 0 Å². The Hall–Kier alpha value is -1.69. The van der Waals surface area contributed by atoms with Gasteiger partial charge in [-0.3, -0.25) is 0 Å². The third-order valence-electron chi connectivity index (χ3n) is 1.83. The van der Waals surface area contributed by atoms with E-state index in [4.69, 9.17) is 15.2 Å². The van der Waals surface area contributed by atoms with E-state index in [-0.39, 0.29) is 0 Å². The summed E-state index contributed by atoms with van der Waals surface area (Å²) in [6.45, 7) is 0. The highest BCUT2D eigenvalue weighted by atomic mass is 32.2. The maximum absolute atomic E-state index is 10.6. The van der Waals surface area contributed by atoms with Gasteiger partial charge in [0.2, 0.25) is 10.3 Å². The Labute approximate surface area is 89.0 Å². The number of methoxy groups -OCH3 is 2. The molecule has 0 saturated carbocycles. The third-order valence-corrected chi connectivity index (χ3v) is 2.26. The van der Waals surface area contributed by atoms with Gasteiger partial charge in [0.1, 0.15) is 0 Å². The molecular formula is C9H11NO4S. The van der Waals surface area contributed by atoms with Gasteiger partial charge in [-0.15, -0.1) is 0 Å². The average Bonchev–Trinajstić information content (AvgIpc) is 2.20. The lowest BCUT2D eigenvalue weighted by molar-refractivity contribution is 0.355. The minimum absolute atomic E-state index is 0.296. The van der Waals surface area contributed by atoms with E-state index in [1.54, 1.807) is 12.1 Å². The van der Waals surface area contributed by atoms with Crippen molar-refractivity contribution < 1.29 is 17.9 Å². The Morgan fingerprint density at radius 3 is 2.40 bits per heavy atom. The van der Waals surface area contributed by atoms with Crippen LogP contribution >= 0.6 is 0 Å². The first-order chi connectivity index (χ1) is 7.10. The zero-order valence-electron chi connectivity index (χ0n) is 8.35. The van der Waals surface area contributed by atoms with Crippen LogP contribution in [0.2, 0.25) is 0 Å². The molecule has 2 N–H and O–H groups in total. The predicted molar refractivity (Wildman–Crippen MR) is 58.0 cm³/mol. The van der Waals surface area contributed by atoms with E-state index < -0.39 is 10.3 Å². The highest BCUT2D eigenvalue weighted by Crippen LogP contribution is 2.33. The van der Waals surface area contributed by atoms with Gasteiger partial charge >= 0.3 is 0 Å². The summed E-state index contributed by atoms with van der Waals surface area (Å²) in [7, 11) is 0.544. The van der Waals surface area contributed by atoms with E-state index in [9.17, 15) is 8.42 Å². The van der Waals surface area contributed by atoms with Gasteiger partial charge in [0.05, 0.1) is 25.2 Å². The first-order valence-electron chi connectivity index (χ1n) is 4.03. The van der Waals surface area contributed by atoms with Crippen molar-refractivity contribution in [1.82, 2.24) is 0 Å². The van der Waals surface area contributed by atoms with Crippen molar-refractivity contribution in [3.8, 4) is 11.5 Å². The van der Waals surface area contributed by atoms with Crippen LogP contribution in [-0.4, -0.2) is 28.0 Å². The fourth-order valence-corrected chi connectivity index (χ4v) is 1.62. The number of nitrogen functional groups attached to an aromatic ring is 1. The standard InChI is InChI=1S/C9H11NO4S/c1-13-8-4-3-7(10)6(5-15(11)12)9(8)14-2/h3-5H,10H2,1-2H3. The van der Waals surface area contributed by atoms with Gasteiger partial charge in [0.25, 0.3) is 0 Å². The smallest absolute Gasteiger partial charge is 0.214 e. The Morgan fingerprint density at radius 1 is 1.27 bits per heavy atom. The molecule has 0 fully saturated rings. The predicted octanol–water partition coefficient (Wildman–Crippen LogP) is 0.315. The lowest BCUT2D eigenvalue weighted by Gasteiger charge is -2.11. The summed E-state index contributed by atoms with van der Waals surface area (Å²) < 4.78 is 31.2. The van der Waals surface area contributed by atoms with Crippen LogP contribution in [0.25, 0.3) is 0 Å². The fourth-order valence-electron chi connectivity index (χ4n) is 1.18. The minimum atomic E-state index is -2.34. The first kappa shape index (κ1) is 11.4. The molecule has 0 bridgehead atoms. The van der Waals surface area contributed by atoms with Crippen LogP contribution in [0.5, 0.6) is 11.5 Å². The van der Waals surface area contributed by atoms with Crippen LogP contribution in [0.4, 0.5) is 5.69 Å². The summed E-state index contributed by atoms with van der Waals surface area (Å²) >= 11 is 0. The summed E-state index contributed by atoms with van der Waals surface area (Å²) in [4.78, 5) is 0. The van der Waals surface area contributed by atoms with Crippen molar-refractivity contribution in [2.24, 2.45) is 0 Å². The third kappa shape index (κ3) is 2.41. The maximum atomic E-state index is 10.6. The number of ether oxygens (including phenoxy) is 2. The molecular weight excluding hydrogens is 218 g/mol. The minimum Gasteiger partial charge on any atom is -0.493 e. The van der Waals surface area contributed by atoms with Gasteiger partial charge in [-0.1, -0.05) is 0 Å².